The van der Waals surface area contributed by atoms with Crippen molar-refractivity contribution in [3.05, 3.63) is 5.56 Å². The lowest BCUT2D eigenvalue weighted by Crippen LogP contribution is -2.15. The fourth-order valence-electron chi connectivity index (χ4n) is 1.70. The molecule has 2 rings (SSSR count). The first-order valence-electron chi connectivity index (χ1n) is 5.37. The van der Waals surface area contributed by atoms with Crippen LogP contribution in [0.2, 0.25) is 0 Å². The van der Waals surface area contributed by atoms with Crippen molar-refractivity contribution in [1.82, 2.24) is 4.37 Å². The first-order valence-corrected chi connectivity index (χ1v) is 6.14. The number of nitrogen functional groups attached to an aromatic ring is 1. The Labute approximate surface area is 103 Å². The highest BCUT2D eigenvalue weighted by molar-refractivity contribution is 7.11. The topological polar surface area (TPSA) is 86.5 Å². The second-order valence-corrected chi connectivity index (χ2v) is 4.65. The molecular weight excluding hydrogens is 242 g/mol. The van der Waals surface area contributed by atoms with E-state index in [1.165, 1.54) is 18.6 Å². The van der Waals surface area contributed by atoms with E-state index in [0.29, 0.717) is 16.5 Å². The minimum atomic E-state index is -0.457. The van der Waals surface area contributed by atoms with Crippen molar-refractivity contribution in [3.8, 4) is 0 Å². The summed E-state index contributed by atoms with van der Waals surface area (Å²) in [5.74, 6) is 0.234. The first-order chi connectivity index (χ1) is 8.22. The van der Waals surface area contributed by atoms with Crippen molar-refractivity contribution in [2.45, 2.75) is 6.42 Å². The molecule has 7 heteroatoms. The molecule has 0 bridgehead atoms. The predicted octanol–water partition coefficient (Wildman–Crippen LogP) is 0.960. The molecule has 94 valence electrons. The zero-order valence-electron chi connectivity index (χ0n) is 9.56. The van der Waals surface area contributed by atoms with Crippen LogP contribution in [-0.2, 0) is 9.47 Å². The van der Waals surface area contributed by atoms with Crippen molar-refractivity contribution in [2.75, 3.05) is 37.9 Å². The number of hydrogen-bond donors (Lipinski definition) is 2. The van der Waals surface area contributed by atoms with Gasteiger partial charge in [-0.05, 0) is 18.0 Å². The maximum absolute atomic E-state index is 11.5. The van der Waals surface area contributed by atoms with Crippen LogP contribution < -0.4 is 11.1 Å². The third-order valence-electron chi connectivity index (χ3n) is 2.68. The van der Waals surface area contributed by atoms with Gasteiger partial charge >= 0.3 is 5.97 Å². The molecule has 1 unspecified atom stereocenters. The molecule has 0 spiro atoms. The number of nitrogens with one attached hydrogen (secondary N) is 1. The molecule has 3 N–H and O–H groups in total. The third kappa shape index (κ3) is 2.67. The lowest BCUT2D eigenvalue weighted by Gasteiger charge is -2.09. The smallest absolute Gasteiger partial charge is 0.344 e. The van der Waals surface area contributed by atoms with Gasteiger partial charge in [-0.15, -0.1) is 0 Å². The summed E-state index contributed by atoms with van der Waals surface area (Å²) < 4.78 is 13.9. The maximum Gasteiger partial charge on any atom is 0.344 e. The molecule has 1 aliphatic heterocycles. The Morgan fingerprint density at radius 2 is 2.59 bits per heavy atom. The number of nitrogens with two attached hydrogens (primary N) is 1. The fourth-order valence-corrected chi connectivity index (χ4v) is 2.41. The lowest BCUT2D eigenvalue weighted by atomic mass is 10.1. The third-order valence-corrected chi connectivity index (χ3v) is 3.50. The molecule has 2 heterocycles. The number of carbonyl (C=O) groups is 1. The van der Waals surface area contributed by atoms with Gasteiger partial charge in [-0.3, -0.25) is 0 Å². The van der Waals surface area contributed by atoms with Crippen molar-refractivity contribution in [2.24, 2.45) is 5.92 Å². The SMILES string of the molecule is COC(=O)c1c(N)nsc1NCC1CCOC1. The van der Waals surface area contributed by atoms with Crippen LogP contribution in [-0.4, -0.2) is 37.2 Å². The second-order valence-electron chi connectivity index (χ2n) is 3.87. The largest absolute Gasteiger partial charge is 0.465 e. The molecule has 0 saturated carbocycles. The Kier molecular flexibility index (Phi) is 3.80. The number of hydrogen-bond acceptors (Lipinski definition) is 7. The highest BCUT2D eigenvalue weighted by atomic mass is 32.1. The summed E-state index contributed by atoms with van der Waals surface area (Å²) in [5.41, 5.74) is 5.97. The molecule has 17 heavy (non-hydrogen) atoms. The Bertz CT molecular complexity index is 402. The number of rotatable bonds is 4. The van der Waals surface area contributed by atoms with Gasteiger partial charge in [-0.2, -0.15) is 4.37 Å². The minimum Gasteiger partial charge on any atom is -0.465 e. The molecule has 0 aromatic carbocycles. The van der Waals surface area contributed by atoms with Crippen molar-refractivity contribution >= 4 is 28.3 Å². The van der Waals surface area contributed by atoms with Crippen LogP contribution in [0.5, 0.6) is 0 Å². The molecule has 1 aliphatic rings. The highest BCUT2D eigenvalue weighted by Crippen LogP contribution is 2.28. The summed E-state index contributed by atoms with van der Waals surface area (Å²) in [4.78, 5) is 11.5. The summed E-state index contributed by atoms with van der Waals surface area (Å²) in [6, 6.07) is 0. The zero-order valence-corrected chi connectivity index (χ0v) is 10.4. The monoisotopic (exact) mass is 257 g/mol. The van der Waals surface area contributed by atoms with E-state index < -0.39 is 5.97 Å². The molecule has 1 aromatic heterocycles. The van der Waals surface area contributed by atoms with E-state index in [1.807, 2.05) is 0 Å². The summed E-state index contributed by atoms with van der Waals surface area (Å²) in [7, 11) is 1.33. The molecule has 1 fully saturated rings. The van der Waals surface area contributed by atoms with Crippen LogP contribution in [0.3, 0.4) is 0 Å². The van der Waals surface area contributed by atoms with Crippen molar-refractivity contribution in [1.29, 1.82) is 0 Å². The first kappa shape index (κ1) is 12.1. The quantitative estimate of drug-likeness (QED) is 0.781. The van der Waals surface area contributed by atoms with E-state index in [-0.39, 0.29) is 5.82 Å². The standard InChI is InChI=1S/C10H15N3O3S/c1-15-10(14)7-8(11)13-17-9(7)12-4-6-2-3-16-5-6/h6,12H,2-5H2,1H3,(H2,11,13). The van der Waals surface area contributed by atoms with Gasteiger partial charge in [-0.1, -0.05) is 0 Å². The number of aromatic nitrogens is 1. The van der Waals surface area contributed by atoms with E-state index in [0.717, 1.165) is 26.2 Å². The van der Waals surface area contributed by atoms with Crippen LogP contribution in [0.4, 0.5) is 10.8 Å². The lowest BCUT2D eigenvalue weighted by molar-refractivity contribution is 0.0603. The van der Waals surface area contributed by atoms with Crippen molar-refractivity contribution in [3.63, 3.8) is 0 Å². The van der Waals surface area contributed by atoms with Gasteiger partial charge in [0.15, 0.2) is 5.82 Å². The van der Waals surface area contributed by atoms with E-state index in [2.05, 4.69) is 14.4 Å². The summed E-state index contributed by atoms with van der Waals surface area (Å²) in [6.45, 7) is 2.32. The second kappa shape index (κ2) is 5.33. The van der Waals surface area contributed by atoms with Crippen LogP contribution >= 0.6 is 11.5 Å². The minimum absolute atomic E-state index is 0.215. The molecular formula is C10H15N3O3S. The molecule has 0 radical (unpaired) electrons. The van der Waals surface area contributed by atoms with Gasteiger partial charge in [0.25, 0.3) is 0 Å². The van der Waals surface area contributed by atoms with Crippen molar-refractivity contribution < 1.29 is 14.3 Å². The van der Waals surface area contributed by atoms with Gasteiger partial charge in [0, 0.05) is 19.1 Å². The summed E-state index contributed by atoms with van der Waals surface area (Å²) in [6.07, 6.45) is 1.04. The summed E-state index contributed by atoms with van der Waals surface area (Å²) >= 11 is 1.18. The molecule has 0 amide bonds. The Morgan fingerprint density at radius 3 is 3.24 bits per heavy atom. The highest BCUT2D eigenvalue weighted by Gasteiger charge is 2.21. The Morgan fingerprint density at radius 1 is 1.76 bits per heavy atom. The van der Waals surface area contributed by atoms with Gasteiger partial charge < -0.3 is 20.5 Å². The average Bonchev–Trinajstić information content (AvgIpc) is 2.95. The van der Waals surface area contributed by atoms with E-state index in [9.17, 15) is 4.79 Å². The predicted molar refractivity (Wildman–Crippen MR) is 65.3 cm³/mol. The number of ether oxygens (including phenoxy) is 2. The van der Waals surface area contributed by atoms with Gasteiger partial charge in [0.05, 0.1) is 13.7 Å². The van der Waals surface area contributed by atoms with Crippen LogP contribution in [0.15, 0.2) is 0 Å². The molecule has 1 aromatic rings. The maximum atomic E-state index is 11.5. The number of anilines is 2. The average molecular weight is 257 g/mol. The van der Waals surface area contributed by atoms with Crippen LogP contribution in [0.25, 0.3) is 0 Å². The number of methoxy groups -OCH3 is 1. The number of carbonyl (C=O) groups excluding carboxylic acids is 1. The Balaban J connectivity index is 2.02. The van der Waals surface area contributed by atoms with E-state index in [4.69, 9.17) is 10.5 Å². The molecule has 6 nitrogen and oxygen atoms in total. The number of esters is 1. The van der Waals surface area contributed by atoms with Gasteiger partial charge in [-0.25, -0.2) is 4.79 Å². The summed E-state index contributed by atoms with van der Waals surface area (Å²) in [5, 5.41) is 3.85. The van der Waals surface area contributed by atoms with Gasteiger partial charge in [0.1, 0.15) is 10.6 Å². The van der Waals surface area contributed by atoms with Crippen LogP contribution in [0, 0.1) is 5.92 Å². The molecule has 1 atom stereocenters. The zero-order chi connectivity index (χ0) is 12.3. The van der Waals surface area contributed by atoms with Crippen LogP contribution in [0.1, 0.15) is 16.8 Å². The number of nitrogens with zero attached hydrogens (tertiary/aromatic N) is 1. The fraction of sp³-hybridized carbons (Fsp3) is 0.600. The Hall–Kier alpha value is -1.34. The van der Waals surface area contributed by atoms with Gasteiger partial charge in [0.2, 0.25) is 0 Å². The molecule has 0 aliphatic carbocycles. The van der Waals surface area contributed by atoms with E-state index in [1.54, 1.807) is 0 Å². The molecule has 1 saturated heterocycles. The normalized spacial score (nSPS) is 19.2. The van der Waals surface area contributed by atoms with E-state index >= 15 is 0 Å².